The quantitative estimate of drug-likeness (QED) is 0.736. The van der Waals surface area contributed by atoms with E-state index in [4.69, 9.17) is 5.11 Å². The molecule has 0 aliphatic carbocycles. The zero-order valence-corrected chi connectivity index (χ0v) is 8.86. The molecule has 0 aromatic carbocycles. The van der Waals surface area contributed by atoms with Gasteiger partial charge in [-0.2, -0.15) is 0 Å². The number of carboxylic acids is 1. The Kier molecular flexibility index (Phi) is 3.13. The van der Waals surface area contributed by atoms with E-state index in [0.29, 0.717) is 13.0 Å². The van der Waals surface area contributed by atoms with E-state index in [2.05, 4.69) is 0 Å². The van der Waals surface area contributed by atoms with Crippen LogP contribution in [0, 0.1) is 11.8 Å². The van der Waals surface area contributed by atoms with Crippen LogP contribution in [0.15, 0.2) is 0 Å². The summed E-state index contributed by atoms with van der Waals surface area (Å²) in [6.45, 7) is 6.20. The van der Waals surface area contributed by atoms with E-state index < -0.39 is 11.9 Å². The van der Waals surface area contributed by atoms with Crippen molar-refractivity contribution in [2.75, 3.05) is 6.54 Å². The van der Waals surface area contributed by atoms with Gasteiger partial charge in [-0.3, -0.25) is 9.59 Å². The highest BCUT2D eigenvalue weighted by molar-refractivity contribution is 5.86. The molecule has 0 saturated carbocycles. The third-order valence-corrected chi connectivity index (χ3v) is 2.90. The Labute approximate surface area is 83.9 Å². The van der Waals surface area contributed by atoms with Crippen LogP contribution in [0.3, 0.4) is 0 Å². The first-order chi connectivity index (χ1) is 6.45. The minimum atomic E-state index is -0.881. The van der Waals surface area contributed by atoms with Crippen LogP contribution in [-0.4, -0.2) is 34.5 Å². The van der Waals surface area contributed by atoms with E-state index >= 15 is 0 Å². The first-order valence-electron chi connectivity index (χ1n) is 4.98. The van der Waals surface area contributed by atoms with Crippen molar-refractivity contribution in [2.45, 2.75) is 33.2 Å². The SMILES string of the molecule is CC(C(=O)O)C1CCN(C(C)C)C1=O. The molecule has 1 heterocycles. The molecule has 1 fully saturated rings. The predicted octanol–water partition coefficient (Wildman–Crippen LogP) is 0.964. The second kappa shape index (κ2) is 3.98. The van der Waals surface area contributed by atoms with Gasteiger partial charge in [0.2, 0.25) is 5.91 Å². The zero-order chi connectivity index (χ0) is 10.9. The molecule has 0 aromatic heterocycles. The highest BCUT2D eigenvalue weighted by Crippen LogP contribution is 2.26. The van der Waals surface area contributed by atoms with Crippen LogP contribution in [0.25, 0.3) is 0 Å². The van der Waals surface area contributed by atoms with Gasteiger partial charge in [-0.1, -0.05) is 6.92 Å². The topological polar surface area (TPSA) is 57.6 Å². The predicted molar refractivity (Wildman–Crippen MR) is 51.8 cm³/mol. The Morgan fingerprint density at radius 1 is 1.50 bits per heavy atom. The van der Waals surface area contributed by atoms with Crippen molar-refractivity contribution in [1.29, 1.82) is 0 Å². The third-order valence-electron chi connectivity index (χ3n) is 2.90. The Balaban J connectivity index is 2.69. The molecule has 2 atom stereocenters. The lowest BCUT2D eigenvalue weighted by Crippen LogP contribution is -2.36. The van der Waals surface area contributed by atoms with Gasteiger partial charge in [-0.25, -0.2) is 0 Å². The van der Waals surface area contributed by atoms with Gasteiger partial charge < -0.3 is 10.0 Å². The largest absolute Gasteiger partial charge is 0.481 e. The molecular formula is C10H17NO3. The van der Waals surface area contributed by atoms with E-state index in [-0.39, 0.29) is 17.9 Å². The van der Waals surface area contributed by atoms with Crippen molar-refractivity contribution in [2.24, 2.45) is 11.8 Å². The molecule has 1 amide bonds. The first-order valence-corrected chi connectivity index (χ1v) is 4.98. The summed E-state index contributed by atoms with van der Waals surface area (Å²) >= 11 is 0. The number of carbonyl (C=O) groups excluding carboxylic acids is 1. The van der Waals surface area contributed by atoms with E-state index in [1.807, 2.05) is 13.8 Å². The maximum absolute atomic E-state index is 11.8. The highest BCUT2D eigenvalue weighted by Gasteiger charge is 2.38. The summed E-state index contributed by atoms with van der Waals surface area (Å²) in [7, 11) is 0. The number of hydrogen-bond donors (Lipinski definition) is 1. The van der Waals surface area contributed by atoms with Crippen LogP contribution >= 0.6 is 0 Å². The fourth-order valence-electron chi connectivity index (χ4n) is 1.87. The van der Waals surface area contributed by atoms with Crippen molar-refractivity contribution < 1.29 is 14.7 Å². The molecule has 0 spiro atoms. The van der Waals surface area contributed by atoms with Gasteiger partial charge in [0.1, 0.15) is 0 Å². The fourth-order valence-corrected chi connectivity index (χ4v) is 1.87. The van der Waals surface area contributed by atoms with Gasteiger partial charge in [-0.15, -0.1) is 0 Å². The molecule has 4 nitrogen and oxygen atoms in total. The van der Waals surface area contributed by atoms with Gasteiger partial charge in [0.15, 0.2) is 0 Å². The minimum Gasteiger partial charge on any atom is -0.481 e. The van der Waals surface area contributed by atoms with Gasteiger partial charge in [0, 0.05) is 12.6 Å². The van der Waals surface area contributed by atoms with E-state index in [1.165, 1.54) is 0 Å². The Hall–Kier alpha value is -1.06. The highest BCUT2D eigenvalue weighted by atomic mass is 16.4. The number of hydrogen-bond acceptors (Lipinski definition) is 2. The molecule has 1 aliphatic heterocycles. The van der Waals surface area contributed by atoms with Crippen LogP contribution in [-0.2, 0) is 9.59 Å². The van der Waals surface area contributed by atoms with Crippen molar-refractivity contribution in [1.82, 2.24) is 4.90 Å². The van der Waals surface area contributed by atoms with E-state index in [9.17, 15) is 9.59 Å². The summed E-state index contributed by atoms with van der Waals surface area (Å²) in [4.78, 5) is 24.2. The summed E-state index contributed by atoms with van der Waals surface area (Å²) in [6.07, 6.45) is 0.671. The molecule has 4 heteroatoms. The maximum Gasteiger partial charge on any atom is 0.307 e. The van der Waals surface area contributed by atoms with E-state index in [0.717, 1.165) is 0 Å². The van der Waals surface area contributed by atoms with Crippen molar-refractivity contribution in [3.05, 3.63) is 0 Å². The second-order valence-corrected chi connectivity index (χ2v) is 4.15. The van der Waals surface area contributed by atoms with Crippen molar-refractivity contribution in [3.63, 3.8) is 0 Å². The summed E-state index contributed by atoms with van der Waals surface area (Å²) < 4.78 is 0. The fraction of sp³-hybridized carbons (Fsp3) is 0.800. The lowest BCUT2D eigenvalue weighted by Gasteiger charge is -2.21. The molecule has 0 aromatic rings. The number of likely N-dealkylation sites (tertiary alicyclic amines) is 1. The lowest BCUT2D eigenvalue weighted by molar-refractivity contribution is -0.147. The molecular weight excluding hydrogens is 182 g/mol. The molecule has 2 unspecified atom stereocenters. The van der Waals surface area contributed by atoms with Gasteiger partial charge in [-0.05, 0) is 20.3 Å². The Bertz CT molecular complexity index is 250. The number of aliphatic carboxylic acids is 1. The summed E-state index contributed by atoms with van der Waals surface area (Å²) in [6, 6.07) is 0.175. The minimum absolute atomic E-state index is 0.00472. The zero-order valence-electron chi connectivity index (χ0n) is 8.86. The van der Waals surface area contributed by atoms with Gasteiger partial charge >= 0.3 is 5.97 Å². The summed E-state index contributed by atoms with van der Waals surface area (Å²) in [5, 5.41) is 8.81. The average Bonchev–Trinajstić information content (AvgIpc) is 2.45. The van der Waals surface area contributed by atoms with Crippen LogP contribution in [0.1, 0.15) is 27.2 Å². The molecule has 1 N–H and O–H groups in total. The molecule has 1 saturated heterocycles. The lowest BCUT2D eigenvalue weighted by atomic mass is 9.93. The number of carboxylic acid groups (broad SMARTS) is 1. The standard InChI is InChI=1S/C10H17NO3/c1-6(2)11-5-4-8(9(11)12)7(3)10(13)14/h6-8H,4-5H2,1-3H3,(H,13,14). The smallest absolute Gasteiger partial charge is 0.307 e. The van der Waals surface area contributed by atoms with E-state index in [1.54, 1.807) is 11.8 Å². The van der Waals surface area contributed by atoms with Crippen LogP contribution < -0.4 is 0 Å². The molecule has 1 rings (SSSR count). The molecule has 0 radical (unpaired) electrons. The normalized spacial score (nSPS) is 24.4. The summed E-state index contributed by atoms with van der Waals surface area (Å²) in [5.41, 5.74) is 0. The third kappa shape index (κ3) is 1.89. The average molecular weight is 199 g/mol. The van der Waals surface area contributed by atoms with Crippen molar-refractivity contribution >= 4 is 11.9 Å². The van der Waals surface area contributed by atoms with Crippen LogP contribution in [0.4, 0.5) is 0 Å². The Morgan fingerprint density at radius 3 is 2.43 bits per heavy atom. The molecule has 1 aliphatic rings. The number of nitrogens with zero attached hydrogens (tertiary/aromatic N) is 1. The van der Waals surface area contributed by atoms with Crippen LogP contribution in [0.2, 0.25) is 0 Å². The van der Waals surface area contributed by atoms with Gasteiger partial charge in [0.05, 0.1) is 11.8 Å². The maximum atomic E-state index is 11.8. The Morgan fingerprint density at radius 2 is 2.07 bits per heavy atom. The monoisotopic (exact) mass is 199 g/mol. The number of rotatable bonds is 3. The first kappa shape index (κ1) is 11.0. The molecule has 0 bridgehead atoms. The van der Waals surface area contributed by atoms with Crippen molar-refractivity contribution in [3.8, 4) is 0 Å². The van der Waals surface area contributed by atoms with Crippen LogP contribution in [0.5, 0.6) is 0 Å². The summed E-state index contributed by atoms with van der Waals surface area (Å²) in [5.74, 6) is -1.77. The number of carbonyl (C=O) groups is 2. The molecule has 14 heavy (non-hydrogen) atoms. The second-order valence-electron chi connectivity index (χ2n) is 4.15. The number of amides is 1. The van der Waals surface area contributed by atoms with Gasteiger partial charge in [0.25, 0.3) is 0 Å². The molecule has 80 valence electrons.